The number of carbonyl (C=O) groups is 1. The van der Waals surface area contributed by atoms with Crippen molar-refractivity contribution in [3.8, 4) is 17.2 Å². The molecule has 2 aromatic carbocycles. The zero-order valence-electron chi connectivity index (χ0n) is 18.6. The normalized spacial score (nSPS) is 13.4. The van der Waals surface area contributed by atoms with E-state index in [9.17, 15) is 9.90 Å². The summed E-state index contributed by atoms with van der Waals surface area (Å²) in [5.41, 5.74) is 1.51. The quantitative estimate of drug-likeness (QED) is 0.627. The minimum atomic E-state index is -0.637. The van der Waals surface area contributed by atoms with Crippen LogP contribution in [0.3, 0.4) is 0 Å². The highest BCUT2D eigenvalue weighted by molar-refractivity contribution is 6.05. The van der Waals surface area contributed by atoms with Gasteiger partial charge in [-0.2, -0.15) is 0 Å². The summed E-state index contributed by atoms with van der Waals surface area (Å²) in [4.78, 5) is 14.5. The van der Waals surface area contributed by atoms with E-state index in [-0.39, 0.29) is 53.8 Å². The first kappa shape index (κ1) is 22.6. The summed E-state index contributed by atoms with van der Waals surface area (Å²) in [7, 11) is 0. The van der Waals surface area contributed by atoms with Gasteiger partial charge in [0, 0.05) is 12.1 Å². The second kappa shape index (κ2) is 8.57. The number of rotatable bonds is 7. The van der Waals surface area contributed by atoms with E-state index in [1.807, 2.05) is 20.8 Å². The second-order valence-corrected chi connectivity index (χ2v) is 8.53. The van der Waals surface area contributed by atoms with Crippen molar-refractivity contribution in [2.24, 2.45) is 0 Å². The lowest BCUT2D eigenvalue weighted by Gasteiger charge is -2.22. The summed E-state index contributed by atoms with van der Waals surface area (Å²) in [5.74, 6) is -0.468. The van der Waals surface area contributed by atoms with Gasteiger partial charge in [-0.25, -0.2) is 4.39 Å². The van der Waals surface area contributed by atoms with Crippen LogP contribution in [0.5, 0.6) is 17.2 Å². The summed E-state index contributed by atoms with van der Waals surface area (Å²) in [6.45, 7) is 10.2. The first-order valence-electron chi connectivity index (χ1n) is 10.4. The van der Waals surface area contributed by atoms with Crippen LogP contribution in [0, 0.1) is 11.2 Å². The minimum absolute atomic E-state index is 0.00520. The number of ketones is 1. The smallest absolute Gasteiger partial charge is 0.197 e. The van der Waals surface area contributed by atoms with E-state index in [0.717, 1.165) is 0 Å². The Labute approximate surface area is 182 Å². The van der Waals surface area contributed by atoms with Crippen molar-refractivity contribution >= 4 is 11.6 Å². The van der Waals surface area contributed by atoms with Crippen LogP contribution < -0.4 is 9.47 Å². The Morgan fingerprint density at radius 3 is 2.48 bits per heavy atom. The van der Waals surface area contributed by atoms with Gasteiger partial charge < -0.3 is 19.5 Å². The molecule has 0 atom stereocenters. The molecule has 0 aliphatic carbocycles. The van der Waals surface area contributed by atoms with Crippen LogP contribution in [0.25, 0.3) is 0 Å². The average molecular weight is 429 g/mol. The SMILES string of the molecule is CCOc1cc2c(c(F)c1OCC)C(=N)N(CC(=O)c1ccc(O)c(C(C)(C)C)c1)C2. The monoisotopic (exact) mass is 428 g/mol. The molecule has 1 aliphatic rings. The Kier molecular flexibility index (Phi) is 6.25. The molecule has 2 N–H and O–H groups in total. The molecule has 0 amide bonds. The predicted octanol–water partition coefficient (Wildman–Crippen LogP) is 4.65. The van der Waals surface area contributed by atoms with Crippen molar-refractivity contribution in [3.05, 3.63) is 52.3 Å². The molecule has 0 radical (unpaired) electrons. The van der Waals surface area contributed by atoms with E-state index < -0.39 is 5.82 Å². The van der Waals surface area contributed by atoms with Gasteiger partial charge in [0.2, 0.25) is 0 Å². The standard InChI is InChI=1S/C24H29FN2O4/c1-6-30-19-11-15-12-27(23(26)20(15)21(25)22(19)31-7-2)13-18(29)14-8-9-17(28)16(10-14)24(3,4)5/h8-11,26,28H,6-7,12-13H2,1-5H3. The van der Waals surface area contributed by atoms with Crippen molar-refractivity contribution in [2.75, 3.05) is 19.8 Å². The Hall–Kier alpha value is -3.09. The lowest BCUT2D eigenvalue weighted by atomic mass is 9.85. The van der Waals surface area contributed by atoms with Crippen molar-refractivity contribution in [1.29, 1.82) is 5.41 Å². The minimum Gasteiger partial charge on any atom is -0.508 e. The number of halogens is 1. The number of fused-ring (bicyclic) bond motifs is 1. The number of nitrogens with zero attached hydrogens (tertiary/aromatic N) is 1. The lowest BCUT2D eigenvalue weighted by Crippen LogP contribution is -2.30. The largest absolute Gasteiger partial charge is 0.508 e. The predicted molar refractivity (Wildman–Crippen MR) is 117 cm³/mol. The molecule has 6 nitrogen and oxygen atoms in total. The van der Waals surface area contributed by atoms with Crippen LogP contribution in [0.1, 0.15) is 61.7 Å². The van der Waals surface area contributed by atoms with E-state index >= 15 is 4.39 Å². The van der Waals surface area contributed by atoms with E-state index in [4.69, 9.17) is 14.9 Å². The summed E-state index contributed by atoms with van der Waals surface area (Å²) in [5, 5.41) is 18.6. The maximum absolute atomic E-state index is 15.2. The maximum atomic E-state index is 15.2. The number of hydrogen-bond acceptors (Lipinski definition) is 5. The molecule has 1 heterocycles. The number of phenols is 1. The number of Topliss-reactive ketones (excluding diaryl/α,β-unsaturated/α-hetero) is 1. The molecule has 0 saturated heterocycles. The van der Waals surface area contributed by atoms with Crippen LogP contribution in [0.4, 0.5) is 4.39 Å². The van der Waals surface area contributed by atoms with Crippen molar-refractivity contribution < 1.29 is 23.8 Å². The third kappa shape index (κ3) is 4.36. The molecular weight excluding hydrogens is 399 g/mol. The number of carbonyl (C=O) groups excluding carboxylic acids is 1. The summed E-state index contributed by atoms with van der Waals surface area (Å²) < 4.78 is 26.1. The number of nitrogens with one attached hydrogen (secondary N) is 1. The first-order valence-corrected chi connectivity index (χ1v) is 10.4. The fraction of sp³-hybridized carbons (Fsp3) is 0.417. The Bertz CT molecular complexity index is 1030. The number of ether oxygens (including phenoxy) is 2. The molecule has 0 spiro atoms. The second-order valence-electron chi connectivity index (χ2n) is 8.53. The molecule has 1 aliphatic heterocycles. The Morgan fingerprint density at radius 1 is 1.19 bits per heavy atom. The van der Waals surface area contributed by atoms with Crippen LogP contribution >= 0.6 is 0 Å². The van der Waals surface area contributed by atoms with Crippen LogP contribution in [0.2, 0.25) is 0 Å². The van der Waals surface area contributed by atoms with Gasteiger partial charge in [-0.1, -0.05) is 20.8 Å². The molecule has 2 aromatic rings. The molecule has 0 bridgehead atoms. The summed E-state index contributed by atoms with van der Waals surface area (Å²) in [6.07, 6.45) is 0. The summed E-state index contributed by atoms with van der Waals surface area (Å²) >= 11 is 0. The molecule has 0 fully saturated rings. The molecule has 31 heavy (non-hydrogen) atoms. The van der Waals surface area contributed by atoms with Gasteiger partial charge in [0.1, 0.15) is 11.6 Å². The van der Waals surface area contributed by atoms with Crippen molar-refractivity contribution in [2.45, 2.75) is 46.6 Å². The van der Waals surface area contributed by atoms with E-state index in [0.29, 0.717) is 29.0 Å². The van der Waals surface area contributed by atoms with Gasteiger partial charge in [-0.05, 0) is 54.7 Å². The first-order chi connectivity index (χ1) is 14.6. The molecule has 166 valence electrons. The molecule has 0 aromatic heterocycles. The highest BCUT2D eigenvalue weighted by Crippen LogP contribution is 2.39. The molecule has 0 saturated carbocycles. The number of benzene rings is 2. The van der Waals surface area contributed by atoms with Gasteiger partial charge in [-0.15, -0.1) is 0 Å². The van der Waals surface area contributed by atoms with E-state index in [1.54, 1.807) is 32.0 Å². The zero-order valence-corrected chi connectivity index (χ0v) is 18.6. The van der Waals surface area contributed by atoms with Crippen LogP contribution in [-0.2, 0) is 12.0 Å². The Balaban J connectivity index is 1.88. The molecule has 7 heteroatoms. The zero-order chi connectivity index (χ0) is 22.9. The number of aromatic hydroxyl groups is 1. The van der Waals surface area contributed by atoms with Gasteiger partial charge >= 0.3 is 0 Å². The molecule has 3 rings (SSSR count). The highest BCUT2D eigenvalue weighted by atomic mass is 19.1. The number of phenolic OH excluding ortho intramolecular Hbond substituents is 1. The van der Waals surface area contributed by atoms with E-state index in [1.165, 1.54) is 11.0 Å². The van der Waals surface area contributed by atoms with Gasteiger partial charge in [0.15, 0.2) is 23.1 Å². The third-order valence-corrected chi connectivity index (χ3v) is 5.23. The molecular formula is C24H29FN2O4. The fourth-order valence-corrected chi connectivity index (χ4v) is 3.73. The fourth-order valence-electron chi connectivity index (χ4n) is 3.73. The number of hydrogen-bond donors (Lipinski definition) is 2. The van der Waals surface area contributed by atoms with Crippen molar-refractivity contribution in [1.82, 2.24) is 4.90 Å². The maximum Gasteiger partial charge on any atom is 0.197 e. The summed E-state index contributed by atoms with van der Waals surface area (Å²) in [6, 6.07) is 6.45. The van der Waals surface area contributed by atoms with Gasteiger partial charge in [0.25, 0.3) is 0 Å². The van der Waals surface area contributed by atoms with Crippen molar-refractivity contribution in [3.63, 3.8) is 0 Å². The van der Waals surface area contributed by atoms with Gasteiger partial charge in [-0.3, -0.25) is 10.2 Å². The highest BCUT2D eigenvalue weighted by Gasteiger charge is 2.33. The third-order valence-electron chi connectivity index (χ3n) is 5.23. The van der Waals surface area contributed by atoms with E-state index in [2.05, 4.69) is 0 Å². The lowest BCUT2D eigenvalue weighted by molar-refractivity contribution is 0.0962. The topological polar surface area (TPSA) is 82.9 Å². The average Bonchev–Trinajstić information content (AvgIpc) is 2.99. The Morgan fingerprint density at radius 2 is 1.87 bits per heavy atom. The van der Waals surface area contributed by atoms with Gasteiger partial charge in [0.05, 0.1) is 25.3 Å². The van der Waals surface area contributed by atoms with Crippen LogP contribution in [-0.4, -0.2) is 41.4 Å². The van der Waals surface area contributed by atoms with Crippen LogP contribution in [0.15, 0.2) is 24.3 Å². The number of amidine groups is 1. The molecule has 0 unspecified atom stereocenters.